The number of aliphatic hydroxyl groups is 4. The quantitative estimate of drug-likeness (QED) is 0.336. The van der Waals surface area contributed by atoms with Gasteiger partial charge in [-0.2, -0.15) is 0 Å². The highest BCUT2D eigenvalue weighted by atomic mass is 16.4. The normalized spacial score (nSPS) is 17.2. The molecule has 26 heavy (non-hydrogen) atoms. The van der Waals surface area contributed by atoms with Gasteiger partial charge >= 0.3 is 5.97 Å². The van der Waals surface area contributed by atoms with Crippen molar-refractivity contribution in [1.29, 1.82) is 0 Å². The summed E-state index contributed by atoms with van der Waals surface area (Å²) >= 11 is 0. The van der Waals surface area contributed by atoms with Gasteiger partial charge in [0.1, 0.15) is 30.1 Å². The lowest BCUT2D eigenvalue weighted by Crippen LogP contribution is -2.50. The number of furan rings is 1. The number of benzene rings is 1. The number of rotatable bonds is 10. The maximum absolute atomic E-state index is 11.7. The molecule has 0 radical (unpaired) electrons. The van der Waals surface area contributed by atoms with Crippen LogP contribution in [0.4, 0.5) is 0 Å². The molecule has 1 aromatic heterocycles. The van der Waals surface area contributed by atoms with E-state index in [1.165, 1.54) is 12.3 Å². The molecule has 0 aliphatic carbocycles. The Kier molecular flexibility index (Phi) is 7.31. The lowest BCUT2D eigenvalue weighted by atomic mass is 9.97. The smallest absolute Gasteiger partial charge is 0.321 e. The fraction of sp³-hybridized carbons (Fsp3) is 0.389. The van der Waals surface area contributed by atoms with Crippen LogP contribution in [0, 0.1) is 0 Å². The van der Waals surface area contributed by atoms with Crippen molar-refractivity contribution in [1.82, 2.24) is 5.32 Å². The van der Waals surface area contributed by atoms with Crippen molar-refractivity contribution in [2.45, 2.75) is 36.8 Å². The first-order chi connectivity index (χ1) is 12.4. The molecular weight excluding hydrogens is 342 g/mol. The van der Waals surface area contributed by atoms with Crippen molar-refractivity contribution in [3.05, 3.63) is 60.1 Å². The highest BCUT2D eigenvalue weighted by Crippen LogP contribution is 2.23. The Morgan fingerprint density at radius 2 is 1.73 bits per heavy atom. The number of aliphatic hydroxyl groups excluding tert-OH is 4. The third-order valence-electron chi connectivity index (χ3n) is 4.08. The molecule has 0 fully saturated rings. The van der Waals surface area contributed by atoms with E-state index in [0.717, 1.165) is 5.56 Å². The molecule has 0 spiro atoms. The second-order valence-electron chi connectivity index (χ2n) is 5.97. The molecule has 0 saturated carbocycles. The molecule has 6 N–H and O–H groups in total. The molecule has 8 heteroatoms. The lowest BCUT2D eigenvalue weighted by Gasteiger charge is -2.30. The number of carbonyl (C=O) groups is 1. The van der Waals surface area contributed by atoms with Gasteiger partial charge in [-0.25, -0.2) is 0 Å². The van der Waals surface area contributed by atoms with Crippen LogP contribution < -0.4 is 5.32 Å². The van der Waals surface area contributed by atoms with Crippen molar-refractivity contribution in [2.24, 2.45) is 0 Å². The van der Waals surface area contributed by atoms with Gasteiger partial charge in [0.25, 0.3) is 0 Å². The molecule has 2 aromatic rings. The Hall–Kier alpha value is -2.23. The third kappa shape index (κ3) is 5.13. The Morgan fingerprint density at radius 1 is 1.04 bits per heavy atom. The van der Waals surface area contributed by atoms with Crippen LogP contribution in [0.1, 0.15) is 17.4 Å². The average molecular weight is 365 g/mol. The van der Waals surface area contributed by atoms with E-state index < -0.39 is 43.0 Å². The largest absolute Gasteiger partial charge is 0.480 e. The number of hydrogen-bond donors (Lipinski definition) is 6. The zero-order chi connectivity index (χ0) is 19.1. The third-order valence-corrected chi connectivity index (χ3v) is 4.08. The molecule has 0 saturated heterocycles. The van der Waals surface area contributed by atoms with Gasteiger partial charge < -0.3 is 29.9 Å². The second kappa shape index (κ2) is 9.46. The summed E-state index contributed by atoms with van der Waals surface area (Å²) in [7, 11) is 0. The van der Waals surface area contributed by atoms with E-state index in [9.17, 15) is 25.2 Å². The van der Waals surface area contributed by atoms with Crippen molar-refractivity contribution < 1.29 is 34.7 Å². The number of carboxylic acids is 1. The monoisotopic (exact) mass is 365 g/mol. The summed E-state index contributed by atoms with van der Waals surface area (Å²) in [4.78, 5) is 11.7. The first-order valence-electron chi connectivity index (χ1n) is 8.15. The van der Waals surface area contributed by atoms with E-state index >= 15 is 0 Å². The van der Waals surface area contributed by atoms with Crippen LogP contribution >= 0.6 is 0 Å². The van der Waals surface area contributed by atoms with Gasteiger partial charge in [0.15, 0.2) is 0 Å². The molecule has 0 unspecified atom stereocenters. The number of hydrogen-bond acceptors (Lipinski definition) is 7. The topological polar surface area (TPSA) is 143 Å². The van der Waals surface area contributed by atoms with E-state index in [2.05, 4.69) is 5.32 Å². The molecule has 1 aromatic carbocycles. The minimum absolute atomic E-state index is 0.138. The Morgan fingerprint density at radius 3 is 2.27 bits per heavy atom. The first kappa shape index (κ1) is 20.1. The maximum Gasteiger partial charge on any atom is 0.321 e. The van der Waals surface area contributed by atoms with E-state index in [1.807, 2.05) is 6.07 Å². The fourth-order valence-corrected chi connectivity index (χ4v) is 2.63. The summed E-state index contributed by atoms with van der Waals surface area (Å²) in [5, 5.41) is 51.3. The SMILES string of the molecule is O=C(O)[C@H](Cc1ccccc1)N[C@@H](c1ccco1)[C@H](O)[C@@H](O)[C@H](O)CO. The average Bonchev–Trinajstić information content (AvgIpc) is 3.18. The lowest BCUT2D eigenvalue weighted by molar-refractivity contribution is -0.140. The zero-order valence-electron chi connectivity index (χ0n) is 14.0. The summed E-state index contributed by atoms with van der Waals surface area (Å²) < 4.78 is 5.24. The van der Waals surface area contributed by atoms with Crippen molar-refractivity contribution >= 4 is 5.97 Å². The number of nitrogens with one attached hydrogen (secondary N) is 1. The molecule has 0 amide bonds. The molecule has 0 aliphatic rings. The van der Waals surface area contributed by atoms with Crippen LogP contribution in [0.25, 0.3) is 0 Å². The molecule has 1 heterocycles. The van der Waals surface area contributed by atoms with Gasteiger partial charge in [-0.05, 0) is 24.1 Å². The van der Waals surface area contributed by atoms with Crippen LogP contribution in [0.2, 0.25) is 0 Å². The summed E-state index contributed by atoms with van der Waals surface area (Å²) in [5.41, 5.74) is 0.774. The Balaban J connectivity index is 2.22. The van der Waals surface area contributed by atoms with Crippen molar-refractivity contribution in [2.75, 3.05) is 6.61 Å². The standard InChI is InChI=1S/C18H23NO7/c20-10-13(21)16(22)17(23)15(14-7-4-8-26-14)19-12(18(24)25)9-11-5-2-1-3-6-11/h1-8,12-13,15-17,19-23H,9-10H2,(H,24,25)/t12-,13+,15-,16-,17-/m0/s1. The molecular formula is C18H23NO7. The van der Waals surface area contributed by atoms with Gasteiger partial charge in [0.05, 0.1) is 18.9 Å². The Labute approximate surface area is 150 Å². The van der Waals surface area contributed by atoms with Crippen LogP contribution in [-0.2, 0) is 11.2 Å². The summed E-state index contributed by atoms with van der Waals surface area (Å²) in [6, 6.07) is 9.82. The predicted molar refractivity (Wildman–Crippen MR) is 91.3 cm³/mol. The highest BCUT2D eigenvalue weighted by molar-refractivity contribution is 5.74. The number of aliphatic carboxylic acids is 1. The zero-order valence-corrected chi connectivity index (χ0v) is 14.0. The first-order valence-corrected chi connectivity index (χ1v) is 8.15. The van der Waals surface area contributed by atoms with Crippen molar-refractivity contribution in [3.8, 4) is 0 Å². The van der Waals surface area contributed by atoms with Gasteiger partial charge in [0.2, 0.25) is 0 Å². The molecule has 0 aliphatic heterocycles. The number of carboxylic acid groups (broad SMARTS) is 1. The molecule has 142 valence electrons. The summed E-state index contributed by atoms with van der Waals surface area (Å²) in [6.07, 6.45) is -3.41. The van der Waals surface area contributed by atoms with Crippen LogP contribution in [0.5, 0.6) is 0 Å². The summed E-state index contributed by atoms with van der Waals surface area (Å²) in [6.45, 7) is -0.754. The van der Waals surface area contributed by atoms with Crippen LogP contribution in [0.3, 0.4) is 0 Å². The van der Waals surface area contributed by atoms with Crippen LogP contribution in [-0.4, -0.2) is 62.5 Å². The summed E-state index contributed by atoms with van der Waals surface area (Å²) in [5.74, 6) is -0.948. The van der Waals surface area contributed by atoms with E-state index in [4.69, 9.17) is 9.52 Å². The molecule has 2 rings (SSSR count). The van der Waals surface area contributed by atoms with E-state index in [0.29, 0.717) is 0 Å². The van der Waals surface area contributed by atoms with Gasteiger partial charge in [-0.3, -0.25) is 10.1 Å². The highest BCUT2D eigenvalue weighted by Gasteiger charge is 2.36. The molecule has 5 atom stereocenters. The maximum atomic E-state index is 11.7. The fourth-order valence-electron chi connectivity index (χ4n) is 2.63. The minimum Gasteiger partial charge on any atom is -0.480 e. The van der Waals surface area contributed by atoms with E-state index in [-0.39, 0.29) is 12.2 Å². The van der Waals surface area contributed by atoms with Crippen molar-refractivity contribution in [3.63, 3.8) is 0 Å². The van der Waals surface area contributed by atoms with Gasteiger partial charge in [-0.15, -0.1) is 0 Å². The molecule has 0 bridgehead atoms. The Bertz CT molecular complexity index is 661. The second-order valence-corrected chi connectivity index (χ2v) is 5.97. The predicted octanol–water partition coefficient (Wildman–Crippen LogP) is -0.319. The van der Waals surface area contributed by atoms with Gasteiger partial charge in [0, 0.05) is 0 Å². The van der Waals surface area contributed by atoms with Gasteiger partial charge in [-0.1, -0.05) is 30.3 Å². The van der Waals surface area contributed by atoms with Crippen LogP contribution in [0.15, 0.2) is 53.1 Å². The van der Waals surface area contributed by atoms with E-state index in [1.54, 1.807) is 30.3 Å². The molecule has 8 nitrogen and oxygen atoms in total. The minimum atomic E-state index is -1.70.